The van der Waals surface area contributed by atoms with Crippen molar-refractivity contribution in [2.45, 2.75) is 51.7 Å². The quantitative estimate of drug-likeness (QED) is 0.722. The molecule has 3 nitrogen and oxygen atoms in total. The zero-order chi connectivity index (χ0) is 16.9. The fraction of sp³-hybridized carbons (Fsp3) is 0.684. The van der Waals surface area contributed by atoms with Gasteiger partial charge in [0.1, 0.15) is 5.75 Å². The third-order valence-electron chi connectivity index (χ3n) is 5.15. The van der Waals surface area contributed by atoms with Crippen LogP contribution < -0.4 is 4.43 Å². The first-order valence-corrected chi connectivity index (χ1v) is 11.8. The molecule has 4 heteroatoms. The van der Waals surface area contributed by atoms with Gasteiger partial charge in [-0.3, -0.25) is 4.90 Å². The first-order valence-electron chi connectivity index (χ1n) is 8.86. The van der Waals surface area contributed by atoms with Gasteiger partial charge in [0.15, 0.2) is 0 Å². The van der Waals surface area contributed by atoms with Gasteiger partial charge in [0.25, 0.3) is 0 Å². The van der Waals surface area contributed by atoms with E-state index in [1.165, 1.54) is 18.5 Å². The second-order valence-electron chi connectivity index (χ2n) is 8.06. The maximum Gasteiger partial charge on any atom is 0.250 e. The summed E-state index contributed by atoms with van der Waals surface area (Å²) >= 11 is 0. The van der Waals surface area contributed by atoms with Gasteiger partial charge in [-0.25, -0.2) is 0 Å². The lowest BCUT2D eigenvalue weighted by atomic mass is 10.1. The largest absolute Gasteiger partial charge is 0.544 e. The van der Waals surface area contributed by atoms with Crippen LogP contribution in [0.25, 0.3) is 0 Å². The molecule has 2 rings (SSSR count). The number of ether oxygens (including phenoxy) is 1. The second-order valence-corrected chi connectivity index (χ2v) is 12.8. The average molecular weight is 336 g/mol. The lowest BCUT2D eigenvalue weighted by molar-refractivity contribution is 0.0374. The van der Waals surface area contributed by atoms with Crippen LogP contribution in [0.3, 0.4) is 0 Å². The molecule has 1 saturated heterocycles. The number of rotatable bonds is 6. The zero-order valence-corrected chi connectivity index (χ0v) is 16.5. The molecule has 0 N–H and O–H groups in total. The van der Waals surface area contributed by atoms with Crippen LogP contribution in [0, 0.1) is 0 Å². The molecule has 0 unspecified atom stereocenters. The highest BCUT2D eigenvalue weighted by Gasteiger charge is 2.38. The lowest BCUT2D eigenvalue weighted by Crippen LogP contribution is -2.43. The van der Waals surface area contributed by atoms with Gasteiger partial charge in [0, 0.05) is 13.1 Å². The van der Waals surface area contributed by atoms with E-state index in [-0.39, 0.29) is 5.04 Å². The van der Waals surface area contributed by atoms with Crippen LogP contribution in [0.5, 0.6) is 5.75 Å². The van der Waals surface area contributed by atoms with Crippen LogP contribution in [0.2, 0.25) is 18.1 Å². The Morgan fingerprint density at radius 3 is 2.26 bits per heavy atom. The predicted octanol–water partition coefficient (Wildman–Crippen LogP) is 4.34. The fourth-order valence-corrected chi connectivity index (χ4v) is 3.53. The van der Waals surface area contributed by atoms with E-state index in [0.717, 1.165) is 38.5 Å². The molecule has 0 saturated carbocycles. The molecule has 1 fully saturated rings. The van der Waals surface area contributed by atoms with Crippen molar-refractivity contribution in [1.82, 2.24) is 4.90 Å². The first kappa shape index (κ1) is 18.5. The summed E-state index contributed by atoms with van der Waals surface area (Å²) in [5.41, 5.74) is 1.40. The summed E-state index contributed by atoms with van der Waals surface area (Å²) in [6.07, 6.45) is 2.35. The maximum absolute atomic E-state index is 6.34. The van der Waals surface area contributed by atoms with Crippen molar-refractivity contribution in [3.05, 3.63) is 29.8 Å². The van der Waals surface area contributed by atoms with E-state index in [9.17, 15) is 0 Å². The van der Waals surface area contributed by atoms with Gasteiger partial charge >= 0.3 is 0 Å². The van der Waals surface area contributed by atoms with Crippen LogP contribution in [-0.4, -0.2) is 46.1 Å². The van der Waals surface area contributed by atoms with Crippen molar-refractivity contribution in [2.75, 3.05) is 32.8 Å². The molecule has 1 aliphatic heterocycles. The van der Waals surface area contributed by atoms with Crippen molar-refractivity contribution in [3.63, 3.8) is 0 Å². The SMILES string of the molecule is CC(C)(C)[Si](C)(C)Oc1ccc(CCCN2CCOCC2)cc1. The first-order chi connectivity index (χ1) is 10.8. The van der Waals surface area contributed by atoms with E-state index in [4.69, 9.17) is 9.16 Å². The smallest absolute Gasteiger partial charge is 0.250 e. The Bertz CT molecular complexity index is 473. The van der Waals surface area contributed by atoms with Gasteiger partial charge in [0.05, 0.1) is 13.2 Å². The lowest BCUT2D eigenvalue weighted by Gasteiger charge is -2.36. The third-order valence-corrected chi connectivity index (χ3v) is 9.50. The summed E-state index contributed by atoms with van der Waals surface area (Å²) in [7, 11) is -1.73. The topological polar surface area (TPSA) is 21.7 Å². The maximum atomic E-state index is 6.34. The number of hydrogen-bond donors (Lipinski definition) is 0. The van der Waals surface area contributed by atoms with Gasteiger partial charge < -0.3 is 9.16 Å². The van der Waals surface area contributed by atoms with Gasteiger partial charge in [-0.15, -0.1) is 0 Å². The van der Waals surface area contributed by atoms with Gasteiger partial charge in [0.2, 0.25) is 8.32 Å². The number of hydrogen-bond acceptors (Lipinski definition) is 3. The number of nitrogens with zero attached hydrogens (tertiary/aromatic N) is 1. The number of benzene rings is 1. The molecule has 23 heavy (non-hydrogen) atoms. The number of morpholine rings is 1. The minimum atomic E-state index is -1.73. The van der Waals surface area contributed by atoms with Crippen LogP contribution in [-0.2, 0) is 11.2 Å². The van der Waals surface area contributed by atoms with Gasteiger partial charge in [-0.05, 0) is 55.2 Å². The Hall–Kier alpha value is -0.843. The second kappa shape index (κ2) is 7.82. The highest BCUT2D eigenvalue weighted by atomic mass is 28.4. The average Bonchev–Trinajstić information content (AvgIpc) is 2.49. The third kappa shape index (κ3) is 5.62. The van der Waals surface area contributed by atoms with E-state index in [0.29, 0.717) is 0 Å². The predicted molar refractivity (Wildman–Crippen MR) is 99.8 cm³/mol. The van der Waals surface area contributed by atoms with Crippen molar-refractivity contribution in [2.24, 2.45) is 0 Å². The molecule has 1 aromatic carbocycles. The van der Waals surface area contributed by atoms with Crippen molar-refractivity contribution in [3.8, 4) is 5.75 Å². The Morgan fingerprint density at radius 1 is 1.09 bits per heavy atom. The normalized spacial score (nSPS) is 17.3. The molecule has 0 aliphatic carbocycles. The van der Waals surface area contributed by atoms with E-state index in [1.807, 2.05) is 0 Å². The fourth-order valence-electron chi connectivity index (χ4n) is 2.50. The summed E-state index contributed by atoms with van der Waals surface area (Å²) in [5.74, 6) is 1.02. The molecular formula is C19H33NO2Si. The molecule has 0 bridgehead atoms. The monoisotopic (exact) mass is 335 g/mol. The van der Waals surface area contributed by atoms with Crippen molar-refractivity contribution < 1.29 is 9.16 Å². The molecule has 130 valence electrons. The van der Waals surface area contributed by atoms with Crippen molar-refractivity contribution in [1.29, 1.82) is 0 Å². The molecule has 1 heterocycles. The molecule has 1 aliphatic rings. The minimum Gasteiger partial charge on any atom is -0.544 e. The van der Waals surface area contributed by atoms with Crippen molar-refractivity contribution >= 4 is 8.32 Å². The molecule has 1 aromatic rings. The molecule has 0 atom stereocenters. The van der Waals surface area contributed by atoms with E-state index < -0.39 is 8.32 Å². The van der Waals surface area contributed by atoms with Gasteiger partial charge in [-0.1, -0.05) is 32.9 Å². The molecule has 0 radical (unpaired) electrons. The molecule has 0 amide bonds. The van der Waals surface area contributed by atoms with Crippen LogP contribution >= 0.6 is 0 Å². The van der Waals surface area contributed by atoms with Gasteiger partial charge in [-0.2, -0.15) is 0 Å². The molecule has 0 spiro atoms. The zero-order valence-electron chi connectivity index (χ0n) is 15.5. The Morgan fingerprint density at radius 2 is 1.70 bits per heavy atom. The van der Waals surface area contributed by atoms with Crippen LogP contribution in [0.15, 0.2) is 24.3 Å². The Balaban J connectivity index is 1.80. The summed E-state index contributed by atoms with van der Waals surface area (Å²) in [6, 6.07) is 8.73. The minimum absolute atomic E-state index is 0.240. The Labute approximate surface area is 143 Å². The summed E-state index contributed by atoms with van der Waals surface area (Å²) in [5, 5.41) is 0.240. The summed E-state index contributed by atoms with van der Waals surface area (Å²) in [6.45, 7) is 16.5. The summed E-state index contributed by atoms with van der Waals surface area (Å²) < 4.78 is 11.7. The molecule has 0 aromatic heterocycles. The number of aryl methyl sites for hydroxylation is 1. The van der Waals surface area contributed by atoms with Crippen LogP contribution in [0.4, 0.5) is 0 Å². The highest BCUT2D eigenvalue weighted by Crippen LogP contribution is 2.37. The summed E-state index contributed by atoms with van der Waals surface area (Å²) in [4.78, 5) is 2.50. The van der Waals surface area contributed by atoms with E-state index >= 15 is 0 Å². The Kier molecular flexibility index (Phi) is 6.29. The van der Waals surface area contributed by atoms with E-state index in [1.54, 1.807) is 0 Å². The highest BCUT2D eigenvalue weighted by molar-refractivity contribution is 6.74. The van der Waals surface area contributed by atoms with E-state index in [2.05, 4.69) is 63.0 Å². The standard InChI is InChI=1S/C19H33NO2Si/c1-19(2,3)23(4,5)22-18-10-8-17(9-11-18)7-6-12-20-13-15-21-16-14-20/h8-11H,6-7,12-16H2,1-5H3. The van der Waals surface area contributed by atoms with Crippen LogP contribution in [0.1, 0.15) is 32.8 Å². The molecular weight excluding hydrogens is 302 g/mol.